The maximum Gasteiger partial charge on any atom is 0.328 e. The summed E-state index contributed by atoms with van der Waals surface area (Å²) < 4.78 is 0. The van der Waals surface area contributed by atoms with Gasteiger partial charge in [0.25, 0.3) is 0 Å². The van der Waals surface area contributed by atoms with E-state index in [-0.39, 0.29) is 6.42 Å². The van der Waals surface area contributed by atoms with Gasteiger partial charge in [-0.3, -0.25) is 4.79 Å². The molecule has 1 N–H and O–H groups in total. The van der Waals surface area contributed by atoms with E-state index in [4.69, 9.17) is 0 Å². The average Bonchev–Trinajstić information content (AvgIpc) is 2.40. The van der Waals surface area contributed by atoms with Crippen molar-refractivity contribution in [1.82, 2.24) is 0 Å². The van der Waals surface area contributed by atoms with Crippen molar-refractivity contribution in [3.63, 3.8) is 0 Å². The van der Waals surface area contributed by atoms with Crippen LogP contribution in [-0.4, -0.2) is 11.1 Å². The number of benzene rings is 1. The van der Waals surface area contributed by atoms with Gasteiger partial charge in [0.2, 0.25) is 0 Å². The van der Waals surface area contributed by atoms with Gasteiger partial charge in [-0.15, -0.1) is 0 Å². The zero-order valence-electron chi connectivity index (χ0n) is 11.1. The van der Waals surface area contributed by atoms with Crippen LogP contribution in [0, 0.1) is 11.3 Å². The quantitative estimate of drug-likeness (QED) is 0.864. The molecule has 96 valence electrons. The number of nitriles is 1. The number of aliphatic carboxylic acids is 1. The zero-order chi connectivity index (χ0) is 13.8. The first-order chi connectivity index (χ1) is 8.51. The van der Waals surface area contributed by atoms with E-state index in [0.29, 0.717) is 11.5 Å². The van der Waals surface area contributed by atoms with Gasteiger partial charge in [-0.2, -0.15) is 5.26 Å². The van der Waals surface area contributed by atoms with Gasteiger partial charge in [-0.25, -0.2) is 0 Å². The Morgan fingerprint density at radius 2 is 1.94 bits per heavy atom. The van der Waals surface area contributed by atoms with Crippen LogP contribution >= 0.6 is 0 Å². The molecule has 3 nitrogen and oxygen atoms in total. The lowest BCUT2D eigenvalue weighted by Crippen LogP contribution is -2.33. The average molecular weight is 245 g/mol. The van der Waals surface area contributed by atoms with E-state index in [1.54, 1.807) is 19.1 Å². The largest absolute Gasteiger partial charge is 0.480 e. The molecular weight excluding hydrogens is 226 g/mol. The van der Waals surface area contributed by atoms with Gasteiger partial charge >= 0.3 is 5.97 Å². The van der Waals surface area contributed by atoms with Crippen LogP contribution in [0.4, 0.5) is 0 Å². The number of hydrogen-bond acceptors (Lipinski definition) is 2. The van der Waals surface area contributed by atoms with Crippen molar-refractivity contribution < 1.29 is 9.90 Å². The molecule has 1 aromatic rings. The SMILES string of the molecule is CCC(C)c1ccc([C@@](C#N)(CC)C(=O)O)cc1. The third-order valence-corrected chi connectivity index (χ3v) is 3.67. The van der Waals surface area contributed by atoms with Crippen LogP contribution in [0.15, 0.2) is 24.3 Å². The van der Waals surface area contributed by atoms with Crippen LogP contribution in [0.3, 0.4) is 0 Å². The smallest absolute Gasteiger partial charge is 0.328 e. The van der Waals surface area contributed by atoms with Gasteiger partial charge in [-0.05, 0) is 29.9 Å². The highest BCUT2D eigenvalue weighted by molar-refractivity contribution is 5.85. The van der Waals surface area contributed by atoms with Crippen LogP contribution in [0.2, 0.25) is 0 Å². The molecule has 0 amide bonds. The van der Waals surface area contributed by atoms with Gasteiger partial charge in [-0.1, -0.05) is 45.0 Å². The molecule has 18 heavy (non-hydrogen) atoms. The Hall–Kier alpha value is -1.82. The lowest BCUT2D eigenvalue weighted by Gasteiger charge is -2.21. The number of carbonyl (C=O) groups is 1. The standard InChI is InChI=1S/C15H19NO2/c1-4-11(3)12-6-8-13(9-7-12)15(5-2,10-16)14(17)18/h6-9,11H,4-5H2,1-3H3,(H,17,18)/t11?,15-/m0/s1. The highest BCUT2D eigenvalue weighted by Gasteiger charge is 2.39. The Labute approximate surface area is 108 Å². The van der Waals surface area contributed by atoms with Crippen molar-refractivity contribution in [3.8, 4) is 6.07 Å². The fraction of sp³-hybridized carbons (Fsp3) is 0.467. The van der Waals surface area contributed by atoms with E-state index in [2.05, 4.69) is 13.8 Å². The molecular formula is C15H19NO2. The first-order valence-electron chi connectivity index (χ1n) is 6.26. The molecule has 0 aliphatic rings. The molecule has 3 heteroatoms. The maximum absolute atomic E-state index is 11.3. The van der Waals surface area contributed by atoms with E-state index >= 15 is 0 Å². The Morgan fingerprint density at radius 1 is 1.39 bits per heavy atom. The van der Waals surface area contributed by atoms with E-state index in [1.165, 1.54) is 5.56 Å². The van der Waals surface area contributed by atoms with Crippen molar-refractivity contribution in [1.29, 1.82) is 5.26 Å². The summed E-state index contributed by atoms with van der Waals surface area (Å²) in [7, 11) is 0. The molecule has 0 aliphatic carbocycles. The van der Waals surface area contributed by atoms with Crippen LogP contribution in [0.5, 0.6) is 0 Å². The van der Waals surface area contributed by atoms with Gasteiger partial charge in [0.05, 0.1) is 6.07 Å². The molecule has 1 unspecified atom stereocenters. The fourth-order valence-corrected chi connectivity index (χ4v) is 2.00. The minimum Gasteiger partial charge on any atom is -0.480 e. The summed E-state index contributed by atoms with van der Waals surface area (Å²) in [5.41, 5.74) is 0.315. The fourth-order valence-electron chi connectivity index (χ4n) is 2.00. The van der Waals surface area contributed by atoms with Crippen molar-refractivity contribution in [2.45, 2.75) is 44.9 Å². The molecule has 0 spiro atoms. The third-order valence-electron chi connectivity index (χ3n) is 3.67. The predicted molar refractivity (Wildman–Crippen MR) is 70.4 cm³/mol. The Bertz CT molecular complexity index is 458. The van der Waals surface area contributed by atoms with Gasteiger partial charge in [0.15, 0.2) is 5.41 Å². The molecule has 0 saturated carbocycles. The van der Waals surface area contributed by atoms with E-state index in [1.807, 2.05) is 18.2 Å². The molecule has 0 aliphatic heterocycles. The second-order valence-electron chi connectivity index (χ2n) is 4.61. The molecule has 0 saturated heterocycles. The zero-order valence-corrected chi connectivity index (χ0v) is 11.1. The van der Waals surface area contributed by atoms with Crippen molar-refractivity contribution >= 4 is 5.97 Å². The Kier molecular flexibility index (Phi) is 4.49. The van der Waals surface area contributed by atoms with Crippen LogP contribution in [0.25, 0.3) is 0 Å². The molecule has 1 rings (SSSR count). The number of hydrogen-bond donors (Lipinski definition) is 1. The molecule has 0 fully saturated rings. The van der Waals surface area contributed by atoms with Gasteiger partial charge < -0.3 is 5.11 Å². The topological polar surface area (TPSA) is 61.1 Å². The van der Waals surface area contributed by atoms with E-state index in [0.717, 1.165) is 6.42 Å². The summed E-state index contributed by atoms with van der Waals surface area (Å²) in [6.45, 7) is 5.96. The molecule has 1 aromatic carbocycles. The molecule has 2 atom stereocenters. The predicted octanol–water partition coefficient (Wildman–Crippen LogP) is 3.46. The molecule has 0 bridgehead atoms. The second-order valence-corrected chi connectivity index (χ2v) is 4.61. The van der Waals surface area contributed by atoms with Crippen molar-refractivity contribution in [2.75, 3.05) is 0 Å². The lowest BCUT2D eigenvalue weighted by molar-refractivity contribution is -0.141. The molecule has 0 aromatic heterocycles. The third kappa shape index (κ3) is 2.38. The van der Waals surface area contributed by atoms with E-state index < -0.39 is 11.4 Å². The van der Waals surface area contributed by atoms with Crippen molar-refractivity contribution in [2.24, 2.45) is 0 Å². The summed E-state index contributed by atoms with van der Waals surface area (Å²) in [6.07, 6.45) is 1.30. The molecule has 0 radical (unpaired) electrons. The number of carboxylic acid groups (broad SMARTS) is 1. The van der Waals surface area contributed by atoms with E-state index in [9.17, 15) is 15.2 Å². The normalized spacial score (nSPS) is 15.4. The summed E-state index contributed by atoms with van der Waals surface area (Å²) in [4.78, 5) is 11.3. The number of nitrogens with zero attached hydrogens (tertiary/aromatic N) is 1. The number of carboxylic acids is 1. The van der Waals surface area contributed by atoms with Crippen LogP contribution in [-0.2, 0) is 10.2 Å². The summed E-state index contributed by atoms with van der Waals surface area (Å²) in [5, 5.41) is 18.5. The minimum absolute atomic E-state index is 0.265. The second kappa shape index (κ2) is 5.68. The van der Waals surface area contributed by atoms with Gasteiger partial charge in [0, 0.05) is 0 Å². The molecule has 0 heterocycles. The first-order valence-corrected chi connectivity index (χ1v) is 6.26. The van der Waals surface area contributed by atoms with Gasteiger partial charge in [0.1, 0.15) is 0 Å². The first kappa shape index (κ1) is 14.2. The highest BCUT2D eigenvalue weighted by atomic mass is 16.4. The van der Waals surface area contributed by atoms with Crippen molar-refractivity contribution in [3.05, 3.63) is 35.4 Å². The lowest BCUT2D eigenvalue weighted by atomic mass is 9.79. The maximum atomic E-state index is 11.3. The summed E-state index contributed by atoms with van der Waals surface area (Å²) in [6, 6.07) is 9.33. The Balaban J connectivity index is 3.18. The minimum atomic E-state index is -1.42. The van der Waals surface area contributed by atoms with Crippen LogP contribution in [0.1, 0.15) is 50.7 Å². The van der Waals surface area contributed by atoms with Crippen LogP contribution < -0.4 is 0 Å². The Morgan fingerprint density at radius 3 is 2.28 bits per heavy atom. The summed E-state index contributed by atoms with van der Waals surface area (Å²) >= 11 is 0. The monoisotopic (exact) mass is 245 g/mol. The highest BCUT2D eigenvalue weighted by Crippen LogP contribution is 2.29. The summed E-state index contributed by atoms with van der Waals surface area (Å²) in [5.74, 6) is -0.634. The number of rotatable bonds is 5.